The Morgan fingerprint density at radius 3 is 2.33 bits per heavy atom. The molecular weight excluding hydrogens is 239 g/mol. The summed E-state index contributed by atoms with van der Waals surface area (Å²) < 4.78 is 0. The van der Waals surface area contributed by atoms with Gasteiger partial charge in [-0.3, -0.25) is 0 Å². The van der Waals surface area contributed by atoms with E-state index in [0.717, 1.165) is 0 Å². The van der Waals surface area contributed by atoms with E-state index >= 15 is 0 Å². The molecule has 0 spiro atoms. The minimum Gasteiger partial charge on any atom is -0.389 e. The Labute approximate surface area is 96.7 Å². The number of nitrogens with zero attached hydrogens (tertiary/aromatic N) is 2. The zero-order valence-corrected chi connectivity index (χ0v) is 9.07. The molecule has 15 heavy (non-hydrogen) atoms. The number of rotatable bonds is 3. The summed E-state index contributed by atoms with van der Waals surface area (Å²) in [5.41, 5.74) is 0.336. The smallest absolute Gasteiger partial charge is 0.131 e. The molecule has 0 aliphatic rings. The zero-order chi connectivity index (χ0) is 11.4. The van der Waals surface area contributed by atoms with Crippen LogP contribution >= 0.6 is 23.2 Å². The van der Waals surface area contributed by atoms with Crippen LogP contribution in [0.1, 0.15) is 18.1 Å². The lowest BCUT2D eigenvalue weighted by molar-refractivity contribution is 0.0216. The van der Waals surface area contributed by atoms with Crippen LogP contribution in [0.4, 0.5) is 0 Å². The molecule has 0 aromatic carbocycles. The lowest BCUT2D eigenvalue weighted by atomic mass is 10.0. The van der Waals surface area contributed by atoms with Crippen molar-refractivity contribution in [3.05, 3.63) is 28.0 Å². The van der Waals surface area contributed by atoms with Crippen LogP contribution in [0.2, 0.25) is 10.3 Å². The third kappa shape index (κ3) is 3.33. The van der Waals surface area contributed by atoms with E-state index in [-0.39, 0.29) is 16.7 Å². The Morgan fingerprint density at radius 2 is 1.87 bits per heavy atom. The van der Waals surface area contributed by atoms with Gasteiger partial charge >= 0.3 is 0 Å². The Bertz CT molecular complexity index is 372. The topological polar surface area (TPSA) is 77.1 Å². The number of nitriles is 1. The van der Waals surface area contributed by atoms with E-state index in [1.807, 2.05) is 0 Å². The van der Waals surface area contributed by atoms with Gasteiger partial charge in [-0.15, -0.1) is 0 Å². The number of halogens is 2. The average molecular weight is 247 g/mol. The van der Waals surface area contributed by atoms with Crippen LogP contribution in [0.3, 0.4) is 0 Å². The molecule has 2 unspecified atom stereocenters. The first-order valence-electron chi connectivity index (χ1n) is 4.10. The molecule has 0 fully saturated rings. The van der Waals surface area contributed by atoms with E-state index < -0.39 is 12.2 Å². The molecule has 0 radical (unpaired) electrons. The zero-order valence-electron chi connectivity index (χ0n) is 7.56. The van der Waals surface area contributed by atoms with Crippen molar-refractivity contribution in [2.75, 3.05) is 0 Å². The summed E-state index contributed by atoms with van der Waals surface area (Å²) in [6.07, 6.45) is -2.52. The number of pyridine rings is 1. The predicted molar refractivity (Wildman–Crippen MR) is 55.5 cm³/mol. The molecule has 80 valence electrons. The molecule has 0 saturated heterocycles. The van der Waals surface area contributed by atoms with Gasteiger partial charge in [0.15, 0.2) is 0 Å². The van der Waals surface area contributed by atoms with Crippen LogP contribution < -0.4 is 0 Å². The second kappa shape index (κ2) is 5.29. The standard InChI is InChI=1S/C9H8Cl2N2O2/c10-7-3-5(4-8(11)13-7)9(15)6(14)1-2-12/h3-4,6,9,14-15H,1H2. The van der Waals surface area contributed by atoms with Crippen molar-refractivity contribution in [2.24, 2.45) is 0 Å². The highest BCUT2D eigenvalue weighted by molar-refractivity contribution is 6.32. The first-order valence-corrected chi connectivity index (χ1v) is 4.86. The monoisotopic (exact) mass is 246 g/mol. The third-order valence-electron chi connectivity index (χ3n) is 1.79. The van der Waals surface area contributed by atoms with Gasteiger partial charge in [0, 0.05) is 0 Å². The van der Waals surface area contributed by atoms with Crippen LogP contribution in [-0.4, -0.2) is 21.3 Å². The fourth-order valence-electron chi connectivity index (χ4n) is 1.08. The van der Waals surface area contributed by atoms with Crippen molar-refractivity contribution in [1.82, 2.24) is 4.98 Å². The minimum absolute atomic E-state index is 0.126. The van der Waals surface area contributed by atoms with Gasteiger partial charge in [-0.1, -0.05) is 23.2 Å². The molecule has 0 amide bonds. The number of aromatic nitrogens is 1. The average Bonchev–Trinajstić information content (AvgIpc) is 2.15. The molecule has 0 saturated carbocycles. The minimum atomic E-state index is -1.19. The molecule has 0 aliphatic heterocycles. The maximum Gasteiger partial charge on any atom is 0.131 e. The van der Waals surface area contributed by atoms with Gasteiger partial charge in [0.2, 0.25) is 0 Å². The first-order chi connectivity index (χ1) is 7.04. The van der Waals surface area contributed by atoms with Crippen molar-refractivity contribution in [1.29, 1.82) is 5.26 Å². The summed E-state index contributed by atoms with van der Waals surface area (Å²) in [5.74, 6) is 0. The highest BCUT2D eigenvalue weighted by atomic mass is 35.5. The maximum absolute atomic E-state index is 9.62. The van der Waals surface area contributed by atoms with Gasteiger partial charge in [-0.05, 0) is 17.7 Å². The van der Waals surface area contributed by atoms with Crippen LogP contribution in [0, 0.1) is 11.3 Å². The normalized spacial score (nSPS) is 14.3. The second-order valence-electron chi connectivity index (χ2n) is 2.92. The van der Waals surface area contributed by atoms with Crippen LogP contribution in [0.5, 0.6) is 0 Å². The van der Waals surface area contributed by atoms with Gasteiger partial charge < -0.3 is 10.2 Å². The molecule has 1 aromatic heterocycles. The number of hydrogen-bond acceptors (Lipinski definition) is 4. The molecular formula is C9H8Cl2N2O2. The van der Waals surface area contributed by atoms with E-state index in [1.54, 1.807) is 6.07 Å². The lowest BCUT2D eigenvalue weighted by Crippen LogP contribution is -2.17. The third-order valence-corrected chi connectivity index (χ3v) is 2.18. The summed E-state index contributed by atoms with van der Waals surface area (Å²) in [5, 5.41) is 27.6. The molecule has 0 aliphatic carbocycles. The fourth-order valence-corrected chi connectivity index (χ4v) is 1.56. The molecule has 0 bridgehead atoms. The number of aliphatic hydroxyl groups excluding tert-OH is 2. The summed E-state index contributed by atoms with van der Waals surface area (Å²) in [6, 6.07) is 4.53. The van der Waals surface area contributed by atoms with Crippen LogP contribution in [0.15, 0.2) is 12.1 Å². The SMILES string of the molecule is N#CCC(O)C(O)c1cc(Cl)nc(Cl)c1. The Morgan fingerprint density at radius 1 is 1.33 bits per heavy atom. The molecule has 1 rings (SSSR count). The highest BCUT2D eigenvalue weighted by Gasteiger charge is 2.19. The first kappa shape index (κ1) is 12.2. The van der Waals surface area contributed by atoms with Gasteiger partial charge in [-0.25, -0.2) is 4.98 Å². The van der Waals surface area contributed by atoms with E-state index in [4.69, 9.17) is 28.5 Å². The number of hydrogen-bond donors (Lipinski definition) is 2. The van der Waals surface area contributed by atoms with E-state index in [2.05, 4.69) is 4.98 Å². The van der Waals surface area contributed by atoms with Gasteiger partial charge in [-0.2, -0.15) is 5.26 Å². The van der Waals surface area contributed by atoms with E-state index in [1.165, 1.54) is 12.1 Å². The molecule has 1 heterocycles. The van der Waals surface area contributed by atoms with Crippen molar-refractivity contribution in [2.45, 2.75) is 18.6 Å². The lowest BCUT2D eigenvalue weighted by Gasteiger charge is -2.15. The Hall–Kier alpha value is -0.860. The van der Waals surface area contributed by atoms with Crippen LogP contribution in [-0.2, 0) is 0 Å². The van der Waals surface area contributed by atoms with E-state index in [9.17, 15) is 10.2 Å². The summed E-state index contributed by atoms with van der Waals surface area (Å²) in [6.45, 7) is 0. The fraction of sp³-hybridized carbons (Fsp3) is 0.333. The largest absolute Gasteiger partial charge is 0.389 e. The summed E-state index contributed by atoms with van der Waals surface area (Å²) >= 11 is 11.2. The van der Waals surface area contributed by atoms with Gasteiger partial charge in [0.1, 0.15) is 16.4 Å². The molecule has 1 aromatic rings. The predicted octanol–water partition coefficient (Wildman–Crippen LogP) is 1.70. The van der Waals surface area contributed by atoms with Crippen molar-refractivity contribution >= 4 is 23.2 Å². The van der Waals surface area contributed by atoms with Gasteiger partial charge in [0.25, 0.3) is 0 Å². The summed E-state index contributed by atoms with van der Waals surface area (Å²) in [7, 11) is 0. The summed E-state index contributed by atoms with van der Waals surface area (Å²) in [4.78, 5) is 3.70. The quantitative estimate of drug-likeness (QED) is 0.797. The molecule has 6 heteroatoms. The molecule has 2 N–H and O–H groups in total. The highest BCUT2D eigenvalue weighted by Crippen LogP contribution is 2.23. The maximum atomic E-state index is 9.62. The number of aliphatic hydroxyl groups is 2. The Balaban J connectivity index is 2.91. The van der Waals surface area contributed by atoms with Crippen molar-refractivity contribution in [3.8, 4) is 6.07 Å². The molecule has 4 nitrogen and oxygen atoms in total. The van der Waals surface area contributed by atoms with Crippen molar-refractivity contribution < 1.29 is 10.2 Å². The van der Waals surface area contributed by atoms with E-state index in [0.29, 0.717) is 5.56 Å². The van der Waals surface area contributed by atoms with Gasteiger partial charge in [0.05, 0.1) is 18.6 Å². The molecule has 2 atom stereocenters. The second-order valence-corrected chi connectivity index (χ2v) is 3.69. The Kier molecular flexibility index (Phi) is 4.30. The van der Waals surface area contributed by atoms with Crippen molar-refractivity contribution in [3.63, 3.8) is 0 Å². The van der Waals surface area contributed by atoms with Crippen LogP contribution in [0.25, 0.3) is 0 Å².